The summed E-state index contributed by atoms with van der Waals surface area (Å²) >= 11 is 6.30. The first-order chi connectivity index (χ1) is 10.2. The third kappa shape index (κ3) is 3.38. The Bertz CT molecular complexity index is 743. The van der Waals surface area contributed by atoms with Gasteiger partial charge in [-0.3, -0.25) is 9.88 Å². The first kappa shape index (κ1) is 14.0. The minimum Gasteiger partial charge on any atom is -0.298 e. The second-order valence-electron chi connectivity index (χ2n) is 5.16. The lowest BCUT2D eigenvalue weighted by atomic mass is 10.1. The molecule has 3 aromatic rings. The van der Waals surface area contributed by atoms with Crippen molar-refractivity contribution in [3.05, 3.63) is 71.1 Å². The van der Waals surface area contributed by atoms with Gasteiger partial charge in [0.05, 0.1) is 5.52 Å². The standard InChI is InChI=1S/C17H16ClN3/c1-21(11-13-5-4-8-19-10-13)12-15-9-14-6-2-3-7-16(14)20-17(15)18/h2-10H,11-12H2,1H3. The Kier molecular flexibility index (Phi) is 4.13. The van der Waals surface area contributed by atoms with Gasteiger partial charge >= 0.3 is 0 Å². The predicted octanol–water partition coefficient (Wildman–Crippen LogP) is 3.92. The maximum absolute atomic E-state index is 6.30. The number of para-hydroxylation sites is 1. The lowest BCUT2D eigenvalue weighted by Gasteiger charge is -2.17. The molecule has 0 saturated heterocycles. The molecular weight excluding hydrogens is 282 g/mol. The second kappa shape index (κ2) is 6.20. The quantitative estimate of drug-likeness (QED) is 0.684. The molecular formula is C17H16ClN3. The molecule has 0 spiro atoms. The molecule has 0 fully saturated rings. The molecule has 0 N–H and O–H groups in total. The molecule has 2 aromatic heterocycles. The third-order valence-corrected chi connectivity index (χ3v) is 3.69. The lowest BCUT2D eigenvalue weighted by molar-refractivity contribution is 0.318. The van der Waals surface area contributed by atoms with Gasteiger partial charge in [0.1, 0.15) is 5.15 Å². The number of fused-ring (bicyclic) bond motifs is 1. The summed E-state index contributed by atoms with van der Waals surface area (Å²) in [6.07, 6.45) is 3.67. The maximum atomic E-state index is 6.30. The van der Waals surface area contributed by atoms with E-state index in [1.165, 1.54) is 5.56 Å². The minimum absolute atomic E-state index is 0.576. The van der Waals surface area contributed by atoms with Gasteiger partial charge in [-0.25, -0.2) is 4.98 Å². The van der Waals surface area contributed by atoms with Gasteiger partial charge in [-0.2, -0.15) is 0 Å². The van der Waals surface area contributed by atoms with Gasteiger partial charge < -0.3 is 0 Å². The Morgan fingerprint density at radius 1 is 1.10 bits per heavy atom. The molecule has 0 amide bonds. The van der Waals surface area contributed by atoms with Crippen molar-refractivity contribution < 1.29 is 0 Å². The molecule has 0 bridgehead atoms. The van der Waals surface area contributed by atoms with Crippen LogP contribution in [0.1, 0.15) is 11.1 Å². The maximum Gasteiger partial charge on any atom is 0.134 e. The summed E-state index contributed by atoms with van der Waals surface area (Å²) < 4.78 is 0. The SMILES string of the molecule is CN(Cc1cccnc1)Cc1cc2ccccc2nc1Cl. The van der Waals surface area contributed by atoms with Crippen LogP contribution in [-0.4, -0.2) is 21.9 Å². The monoisotopic (exact) mass is 297 g/mol. The smallest absolute Gasteiger partial charge is 0.134 e. The van der Waals surface area contributed by atoms with E-state index >= 15 is 0 Å². The van der Waals surface area contributed by atoms with E-state index in [1.807, 2.05) is 30.5 Å². The van der Waals surface area contributed by atoms with E-state index in [0.29, 0.717) is 5.15 Å². The molecule has 1 aromatic carbocycles. The average Bonchev–Trinajstić information content (AvgIpc) is 2.49. The van der Waals surface area contributed by atoms with Crippen molar-refractivity contribution in [2.24, 2.45) is 0 Å². The molecule has 0 radical (unpaired) electrons. The van der Waals surface area contributed by atoms with Crippen LogP contribution in [0.25, 0.3) is 10.9 Å². The molecule has 3 nitrogen and oxygen atoms in total. The fraction of sp³-hybridized carbons (Fsp3) is 0.176. The van der Waals surface area contributed by atoms with Crippen molar-refractivity contribution in [3.8, 4) is 0 Å². The number of benzene rings is 1. The minimum atomic E-state index is 0.576. The van der Waals surface area contributed by atoms with Gasteiger partial charge in [-0.15, -0.1) is 0 Å². The van der Waals surface area contributed by atoms with Crippen molar-refractivity contribution in [1.29, 1.82) is 0 Å². The van der Waals surface area contributed by atoms with E-state index in [-0.39, 0.29) is 0 Å². The van der Waals surface area contributed by atoms with E-state index in [2.05, 4.69) is 40.1 Å². The van der Waals surface area contributed by atoms with Crippen LogP contribution in [0, 0.1) is 0 Å². The van der Waals surface area contributed by atoms with Crippen molar-refractivity contribution >= 4 is 22.5 Å². The largest absolute Gasteiger partial charge is 0.298 e. The van der Waals surface area contributed by atoms with Crippen molar-refractivity contribution in [1.82, 2.24) is 14.9 Å². The fourth-order valence-corrected chi connectivity index (χ4v) is 2.60. The van der Waals surface area contributed by atoms with Crippen LogP contribution < -0.4 is 0 Å². The summed E-state index contributed by atoms with van der Waals surface area (Å²) in [5, 5.41) is 1.69. The number of halogens is 1. The zero-order valence-electron chi connectivity index (χ0n) is 11.8. The normalized spacial score (nSPS) is 11.2. The van der Waals surface area contributed by atoms with Gasteiger partial charge in [-0.05, 0) is 30.8 Å². The van der Waals surface area contributed by atoms with Gasteiger partial charge in [0.15, 0.2) is 0 Å². The van der Waals surface area contributed by atoms with Gasteiger partial charge in [-0.1, -0.05) is 35.9 Å². The topological polar surface area (TPSA) is 29.0 Å². The van der Waals surface area contributed by atoms with Crippen LogP contribution in [0.5, 0.6) is 0 Å². The molecule has 21 heavy (non-hydrogen) atoms. The van der Waals surface area contributed by atoms with Crippen LogP contribution in [0.15, 0.2) is 54.9 Å². The first-order valence-corrected chi connectivity index (χ1v) is 7.22. The van der Waals surface area contributed by atoms with Crippen LogP contribution >= 0.6 is 11.6 Å². The molecule has 0 aliphatic rings. The Hall–Kier alpha value is -1.97. The average molecular weight is 298 g/mol. The van der Waals surface area contributed by atoms with Gasteiger partial charge in [0, 0.05) is 36.4 Å². The van der Waals surface area contributed by atoms with Crippen LogP contribution in [0.4, 0.5) is 0 Å². The highest BCUT2D eigenvalue weighted by Crippen LogP contribution is 2.21. The fourth-order valence-electron chi connectivity index (χ4n) is 2.40. The number of hydrogen-bond donors (Lipinski definition) is 0. The number of nitrogens with zero attached hydrogens (tertiary/aromatic N) is 3. The molecule has 106 valence electrons. The lowest BCUT2D eigenvalue weighted by Crippen LogP contribution is -2.17. The first-order valence-electron chi connectivity index (χ1n) is 6.84. The molecule has 0 saturated carbocycles. The highest BCUT2D eigenvalue weighted by molar-refractivity contribution is 6.30. The molecule has 0 aliphatic heterocycles. The summed E-state index contributed by atoms with van der Waals surface area (Å²) in [5.41, 5.74) is 3.16. The van der Waals surface area contributed by atoms with Crippen molar-refractivity contribution in [2.45, 2.75) is 13.1 Å². The van der Waals surface area contributed by atoms with E-state index in [0.717, 1.165) is 29.6 Å². The Labute approximate surface area is 129 Å². The van der Waals surface area contributed by atoms with Gasteiger partial charge in [0.25, 0.3) is 0 Å². The third-order valence-electron chi connectivity index (χ3n) is 3.37. The Morgan fingerprint density at radius 3 is 2.76 bits per heavy atom. The Morgan fingerprint density at radius 2 is 1.95 bits per heavy atom. The molecule has 0 unspecified atom stereocenters. The van der Waals surface area contributed by atoms with Gasteiger partial charge in [0.2, 0.25) is 0 Å². The van der Waals surface area contributed by atoms with E-state index < -0.39 is 0 Å². The molecule has 3 rings (SSSR count). The molecule has 2 heterocycles. The number of hydrogen-bond acceptors (Lipinski definition) is 3. The van der Waals surface area contributed by atoms with E-state index in [1.54, 1.807) is 6.20 Å². The highest BCUT2D eigenvalue weighted by atomic mass is 35.5. The van der Waals surface area contributed by atoms with Crippen LogP contribution in [0.3, 0.4) is 0 Å². The van der Waals surface area contributed by atoms with Crippen LogP contribution in [0.2, 0.25) is 5.15 Å². The second-order valence-corrected chi connectivity index (χ2v) is 5.52. The van der Waals surface area contributed by atoms with Crippen molar-refractivity contribution in [2.75, 3.05) is 7.05 Å². The molecule has 4 heteroatoms. The summed E-state index contributed by atoms with van der Waals surface area (Å²) in [6.45, 7) is 1.59. The number of aromatic nitrogens is 2. The number of pyridine rings is 2. The zero-order chi connectivity index (χ0) is 14.7. The summed E-state index contributed by atoms with van der Waals surface area (Å²) in [6, 6.07) is 14.2. The number of rotatable bonds is 4. The molecule has 0 aliphatic carbocycles. The zero-order valence-corrected chi connectivity index (χ0v) is 12.6. The summed E-state index contributed by atoms with van der Waals surface area (Å²) in [7, 11) is 2.07. The van der Waals surface area contributed by atoms with E-state index in [4.69, 9.17) is 11.6 Å². The van der Waals surface area contributed by atoms with E-state index in [9.17, 15) is 0 Å². The highest BCUT2D eigenvalue weighted by Gasteiger charge is 2.08. The van der Waals surface area contributed by atoms with Crippen LogP contribution in [-0.2, 0) is 13.1 Å². The van der Waals surface area contributed by atoms with Crippen molar-refractivity contribution in [3.63, 3.8) is 0 Å². The summed E-state index contributed by atoms with van der Waals surface area (Å²) in [4.78, 5) is 10.8. The summed E-state index contributed by atoms with van der Waals surface area (Å²) in [5.74, 6) is 0. The predicted molar refractivity (Wildman–Crippen MR) is 86.2 cm³/mol. The Balaban J connectivity index is 1.79. The molecule has 0 atom stereocenters.